The SMILES string of the molecule is CCNS(=O)(=O)NCC(=O)O. The topological polar surface area (TPSA) is 95.5 Å². The van der Waals surface area contributed by atoms with Crippen LogP contribution >= 0.6 is 0 Å². The summed E-state index contributed by atoms with van der Waals surface area (Å²) in [6.07, 6.45) is 0. The second kappa shape index (κ2) is 4.27. The molecule has 0 saturated heterocycles. The van der Waals surface area contributed by atoms with Crippen molar-refractivity contribution in [3.05, 3.63) is 0 Å². The highest BCUT2D eigenvalue weighted by molar-refractivity contribution is 7.87. The van der Waals surface area contributed by atoms with Gasteiger partial charge >= 0.3 is 5.97 Å². The molecule has 0 amide bonds. The van der Waals surface area contributed by atoms with Gasteiger partial charge in [0.25, 0.3) is 10.2 Å². The molecular formula is C4H10N2O4S. The van der Waals surface area contributed by atoms with Crippen LogP contribution in [0.25, 0.3) is 0 Å². The van der Waals surface area contributed by atoms with Crippen LogP contribution in [0.2, 0.25) is 0 Å². The van der Waals surface area contributed by atoms with Gasteiger partial charge in [0, 0.05) is 6.54 Å². The summed E-state index contributed by atoms with van der Waals surface area (Å²) < 4.78 is 25.2. The molecule has 0 bridgehead atoms. The van der Waals surface area contributed by atoms with Crippen molar-refractivity contribution in [2.75, 3.05) is 13.1 Å². The zero-order valence-corrected chi connectivity index (χ0v) is 6.81. The molecule has 11 heavy (non-hydrogen) atoms. The zero-order chi connectivity index (χ0) is 8.91. The molecule has 0 unspecified atom stereocenters. The number of rotatable bonds is 5. The summed E-state index contributed by atoms with van der Waals surface area (Å²) in [6, 6.07) is 0. The van der Waals surface area contributed by atoms with Crippen molar-refractivity contribution >= 4 is 16.2 Å². The standard InChI is InChI=1S/C4H10N2O4S/c1-2-5-11(9,10)6-3-4(7)8/h5-6H,2-3H2,1H3,(H,7,8). The molecule has 0 saturated carbocycles. The molecule has 0 aromatic heterocycles. The van der Waals surface area contributed by atoms with Gasteiger partial charge in [-0.15, -0.1) is 0 Å². The van der Waals surface area contributed by atoms with Crippen molar-refractivity contribution in [1.29, 1.82) is 0 Å². The molecular weight excluding hydrogens is 172 g/mol. The van der Waals surface area contributed by atoms with Gasteiger partial charge in [-0.05, 0) is 0 Å². The van der Waals surface area contributed by atoms with Gasteiger partial charge in [0.2, 0.25) is 0 Å². The molecule has 0 rings (SSSR count). The molecule has 0 aromatic carbocycles. The molecule has 0 aromatic rings. The number of hydrogen-bond donors (Lipinski definition) is 3. The van der Waals surface area contributed by atoms with Gasteiger partial charge in [-0.2, -0.15) is 13.1 Å². The smallest absolute Gasteiger partial charge is 0.318 e. The molecule has 7 heteroatoms. The molecule has 3 N–H and O–H groups in total. The average molecular weight is 182 g/mol. The minimum Gasteiger partial charge on any atom is -0.480 e. The number of carboxylic acid groups (broad SMARTS) is 1. The Bertz CT molecular complexity index is 222. The first kappa shape index (κ1) is 10.3. The number of carbonyl (C=O) groups is 1. The van der Waals surface area contributed by atoms with Crippen LogP contribution in [0.5, 0.6) is 0 Å². The van der Waals surface area contributed by atoms with Crippen LogP contribution in [0.15, 0.2) is 0 Å². The second-order valence-corrected chi connectivity index (χ2v) is 3.30. The third-order valence-corrected chi connectivity index (χ3v) is 1.94. The van der Waals surface area contributed by atoms with Crippen LogP contribution in [-0.2, 0) is 15.0 Å². The van der Waals surface area contributed by atoms with Crippen LogP contribution in [0, 0.1) is 0 Å². The summed E-state index contributed by atoms with van der Waals surface area (Å²) >= 11 is 0. The molecule has 0 heterocycles. The Hall–Kier alpha value is -0.660. The highest BCUT2D eigenvalue weighted by Crippen LogP contribution is 1.73. The summed E-state index contributed by atoms with van der Waals surface area (Å²) in [5, 5.41) is 8.09. The Morgan fingerprint density at radius 3 is 2.36 bits per heavy atom. The van der Waals surface area contributed by atoms with Gasteiger partial charge in [0.1, 0.15) is 6.54 Å². The fraction of sp³-hybridized carbons (Fsp3) is 0.750. The van der Waals surface area contributed by atoms with Crippen molar-refractivity contribution in [1.82, 2.24) is 9.44 Å². The van der Waals surface area contributed by atoms with Crippen molar-refractivity contribution in [2.45, 2.75) is 6.92 Å². The van der Waals surface area contributed by atoms with E-state index in [1.54, 1.807) is 6.92 Å². The largest absolute Gasteiger partial charge is 0.480 e. The molecule has 0 aliphatic rings. The Morgan fingerprint density at radius 1 is 1.45 bits per heavy atom. The highest BCUT2D eigenvalue weighted by atomic mass is 32.2. The van der Waals surface area contributed by atoms with Crippen molar-refractivity contribution in [2.24, 2.45) is 0 Å². The fourth-order valence-electron chi connectivity index (χ4n) is 0.398. The summed E-state index contributed by atoms with van der Waals surface area (Å²) in [5.41, 5.74) is 0. The lowest BCUT2D eigenvalue weighted by molar-refractivity contribution is -0.135. The third-order valence-electron chi connectivity index (χ3n) is 0.748. The number of hydrogen-bond acceptors (Lipinski definition) is 3. The van der Waals surface area contributed by atoms with E-state index in [1.807, 2.05) is 4.72 Å². The van der Waals surface area contributed by atoms with Gasteiger partial charge in [-0.1, -0.05) is 6.92 Å². The van der Waals surface area contributed by atoms with Gasteiger partial charge in [0.15, 0.2) is 0 Å². The van der Waals surface area contributed by atoms with Crippen LogP contribution in [0.1, 0.15) is 6.92 Å². The Labute approximate surface area is 64.8 Å². The first-order chi connectivity index (χ1) is 4.98. The maximum Gasteiger partial charge on any atom is 0.318 e. The second-order valence-electron chi connectivity index (χ2n) is 1.72. The van der Waals surface area contributed by atoms with E-state index >= 15 is 0 Å². The quantitative estimate of drug-likeness (QED) is 0.483. The van der Waals surface area contributed by atoms with Gasteiger partial charge in [-0.3, -0.25) is 4.79 Å². The van der Waals surface area contributed by atoms with E-state index in [2.05, 4.69) is 4.72 Å². The lowest BCUT2D eigenvalue weighted by atomic mass is 10.7. The summed E-state index contributed by atoms with van der Waals surface area (Å²) in [7, 11) is -3.61. The van der Waals surface area contributed by atoms with Crippen molar-refractivity contribution in [3.8, 4) is 0 Å². The summed E-state index contributed by atoms with van der Waals surface area (Å²) in [4.78, 5) is 9.90. The molecule has 0 fully saturated rings. The van der Waals surface area contributed by atoms with E-state index in [4.69, 9.17) is 5.11 Å². The Balaban J connectivity index is 3.84. The van der Waals surface area contributed by atoms with Gasteiger partial charge in [-0.25, -0.2) is 4.72 Å². The zero-order valence-electron chi connectivity index (χ0n) is 5.99. The molecule has 6 nitrogen and oxygen atoms in total. The predicted molar refractivity (Wildman–Crippen MR) is 38.2 cm³/mol. The minimum absolute atomic E-state index is 0.231. The van der Waals surface area contributed by atoms with Crippen molar-refractivity contribution < 1.29 is 18.3 Å². The third kappa shape index (κ3) is 5.77. The van der Waals surface area contributed by atoms with E-state index in [1.165, 1.54) is 0 Å². The van der Waals surface area contributed by atoms with Gasteiger partial charge in [0.05, 0.1) is 0 Å². The number of aliphatic carboxylic acids is 1. The normalized spacial score (nSPS) is 11.4. The lowest BCUT2D eigenvalue weighted by Crippen LogP contribution is -2.39. The van der Waals surface area contributed by atoms with Crippen LogP contribution < -0.4 is 9.44 Å². The van der Waals surface area contributed by atoms with E-state index < -0.39 is 22.7 Å². The number of carboxylic acids is 1. The van der Waals surface area contributed by atoms with Gasteiger partial charge < -0.3 is 5.11 Å². The predicted octanol–water partition coefficient (Wildman–Crippen LogP) is -1.49. The molecule has 0 atom stereocenters. The molecule has 0 radical (unpaired) electrons. The molecule has 0 aliphatic heterocycles. The van der Waals surface area contributed by atoms with Crippen molar-refractivity contribution in [3.63, 3.8) is 0 Å². The Kier molecular flexibility index (Phi) is 4.01. The molecule has 0 aliphatic carbocycles. The van der Waals surface area contributed by atoms with E-state index in [-0.39, 0.29) is 6.54 Å². The summed E-state index contributed by atoms with van der Waals surface area (Å²) in [5.74, 6) is -1.22. The Morgan fingerprint density at radius 2 is 2.00 bits per heavy atom. The minimum atomic E-state index is -3.61. The molecule has 66 valence electrons. The van der Waals surface area contributed by atoms with Crippen LogP contribution in [-0.4, -0.2) is 32.6 Å². The lowest BCUT2D eigenvalue weighted by Gasteiger charge is -2.02. The molecule has 0 spiro atoms. The van der Waals surface area contributed by atoms with E-state index in [0.717, 1.165) is 0 Å². The van der Waals surface area contributed by atoms with E-state index in [9.17, 15) is 13.2 Å². The number of nitrogens with one attached hydrogen (secondary N) is 2. The van der Waals surface area contributed by atoms with Crippen LogP contribution in [0.4, 0.5) is 0 Å². The first-order valence-corrected chi connectivity index (χ1v) is 4.42. The van der Waals surface area contributed by atoms with E-state index in [0.29, 0.717) is 0 Å². The van der Waals surface area contributed by atoms with Crippen LogP contribution in [0.3, 0.4) is 0 Å². The maximum atomic E-state index is 10.6. The monoisotopic (exact) mass is 182 g/mol. The maximum absolute atomic E-state index is 10.6. The highest BCUT2D eigenvalue weighted by Gasteiger charge is 2.08. The summed E-state index contributed by atoms with van der Waals surface area (Å²) in [6.45, 7) is 1.23. The first-order valence-electron chi connectivity index (χ1n) is 2.94. The fourth-order valence-corrected chi connectivity index (χ4v) is 1.19. The average Bonchev–Trinajstić information content (AvgIpc) is 1.84.